The van der Waals surface area contributed by atoms with Crippen LogP contribution in [0.4, 0.5) is 0 Å². The molecule has 3 rings (SSSR count). The second-order valence-corrected chi connectivity index (χ2v) is 8.14. The van der Waals surface area contributed by atoms with E-state index in [4.69, 9.17) is 16.3 Å². The van der Waals surface area contributed by atoms with Crippen molar-refractivity contribution in [3.05, 3.63) is 70.2 Å². The predicted octanol–water partition coefficient (Wildman–Crippen LogP) is 4.23. The second kappa shape index (κ2) is 9.23. The lowest BCUT2D eigenvalue weighted by molar-refractivity contribution is -0.137. The first-order chi connectivity index (χ1) is 13.8. The standard InChI is InChI=1S/C23H24ClNO4/c1-15-11-16(2)13-25(12-15)21(26)14-29-23(28)20-6-4-3-5-19(20)22(27)17-7-9-18(24)10-8-17/h3-10,15-16H,11-14H2,1-2H3/t15-,16+. The van der Waals surface area contributed by atoms with Crippen molar-refractivity contribution >= 4 is 29.3 Å². The molecule has 6 heteroatoms. The van der Waals surface area contributed by atoms with Gasteiger partial charge in [-0.05, 0) is 48.6 Å². The van der Waals surface area contributed by atoms with Gasteiger partial charge in [0.25, 0.3) is 5.91 Å². The van der Waals surface area contributed by atoms with E-state index in [1.165, 1.54) is 6.07 Å². The summed E-state index contributed by atoms with van der Waals surface area (Å²) in [6.07, 6.45) is 1.09. The molecule has 0 unspecified atom stereocenters. The fraction of sp³-hybridized carbons (Fsp3) is 0.348. The van der Waals surface area contributed by atoms with Crippen LogP contribution in [0.2, 0.25) is 5.02 Å². The third-order valence-corrected chi connectivity index (χ3v) is 5.30. The molecule has 29 heavy (non-hydrogen) atoms. The number of carbonyl (C=O) groups is 3. The molecule has 1 saturated heterocycles. The third kappa shape index (κ3) is 5.24. The largest absolute Gasteiger partial charge is 0.452 e. The van der Waals surface area contributed by atoms with Crippen LogP contribution < -0.4 is 0 Å². The van der Waals surface area contributed by atoms with Crippen LogP contribution in [0, 0.1) is 11.8 Å². The Morgan fingerprint density at radius 2 is 1.55 bits per heavy atom. The lowest BCUT2D eigenvalue weighted by atomic mass is 9.92. The molecular weight excluding hydrogens is 390 g/mol. The fourth-order valence-electron chi connectivity index (χ4n) is 3.78. The van der Waals surface area contributed by atoms with E-state index in [1.807, 2.05) is 0 Å². The number of piperidine rings is 1. The number of rotatable bonds is 5. The molecule has 152 valence electrons. The van der Waals surface area contributed by atoms with E-state index in [2.05, 4.69) is 13.8 Å². The highest BCUT2D eigenvalue weighted by Crippen LogP contribution is 2.21. The Morgan fingerprint density at radius 3 is 2.17 bits per heavy atom. The van der Waals surface area contributed by atoms with Gasteiger partial charge in [0.1, 0.15) is 0 Å². The van der Waals surface area contributed by atoms with Crippen molar-refractivity contribution in [2.45, 2.75) is 20.3 Å². The van der Waals surface area contributed by atoms with Crippen molar-refractivity contribution in [1.82, 2.24) is 4.90 Å². The zero-order valence-electron chi connectivity index (χ0n) is 16.6. The SMILES string of the molecule is C[C@@H]1C[C@H](C)CN(C(=O)COC(=O)c2ccccc2C(=O)c2ccc(Cl)cc2)C1. The molecule has 0 aliphatic carbocycles. The molecular formula is C23H24ClNO4. The molecule has 1 aliphatic heterocycles. The van der Waals surface area contributed by atoms with Crippen LogP contribution in [0.15, 0.2) is 48.5 Å². The van der Waals surface area contributed by atoms with Crippen molar-refractivity contribution in [3.8, 4) is 0 Å². The van der Waals surface area contributed by atoms with Gasteiger partial charge >= 0.3 is 5.97 Å². The molecule has 5 nitrogen and oxygen atoms in total. The van der Waals surface area contributed by atoms with Crippen LogP contribution in [0.3, 0.4) is 0 Å². The topological polar surface area (TPSA) is 63.7 Å². The van der Waals surface area contributed by atoms with Crippen LogP contribution in [0.1, 0.15) is 46.5 Å². The molecule has 1 fully saturated rings. The maximum Gasteiger partial charge on any atom is 0.339 e. The average Bonchev–Trinajstić information content (AvgIpc) is 2.71. The highest BCUT2D eigenvalue weighted by Gasteiger charge is 2.26. The minimum atomic E-state index is -0.686. The van der Waals surface area contributed by atoms with Gasteiger partial charge in [0, 0.05) is 29.2 Å². The molecule has 2 aromatic rings. The van der Waals surface area contributed by atoms with Crippen LogP contribution in [0.25, 0.3) is 0 Å². The maximum absolute atomic E-state index is 12.8. The van der Waals surface area contributed by atoms with Crippen LogP contribution in [-0.4, -0.2) is 42.3 Å². The van der Waals surface area contributed by atoms with Crippen LogP contribution in [0.5, 0.6) is 0 Å². The van der Waals surface area contributed by atoms with E-state index in [0.717, 1.165) is 6.42 Å². The van der Waals surface area contributed by atoms with Crippen molar-refractivity contribution in [3.63, 3.8) is 0 Å². The number of likely N-dealkylation sites (tertiary alicyclic amines) is 1. The number of amides is 1. The number of hydrogen-bond acceptors (Lipinski definition) is 4. The summed E-state index contributed by atoms with van der Waals surface area (Å²) in [6.45, 7) is 5.24. The summed E-state index contributed by atoms with van der Waals surface area (Å²) in [6, 6.07) is 12.9. The van der Waals surface area contributed by atoms with Crippen molar-refractivity contribution < 1.29 is 19.1 Å². The van der Waals surface area contributed by atoms with Crippen LogP contribution in [-0.2, 0) is 9.53 Å². The zero-order valence-corrected chi connectivity index (χ0v) is 17.3. The maximum atomic E-state index is 12.8. The van der Waals surface area contributed by atoms with E-state index in [-0.39, 0.29) is 29.4 Å². The Balaban J connectivity index is 1.69. The molecule has 2 aromatic carbocycles. The zero-order chi connectivity index (χ0) is 21.0. The number of hydrogen-bond donors (Lipinski definition) is 0. The second-order valence-electron chi connectivity index (χ2n) is 7.70. The van der Waals surface area contributed by atoms with Gasteiger partial charge in [0.05, 0.1) is 5.56 Å². The molecule has 1 amide bonds. The number of nitrogens with zero attached hydrogens (tertiary/aromatic N) is 1. The van der Waals surface area contributed by atoms with Gasteiger partial charge < -0.3 is 9.64 Å². The fourth-order valence-corrected chi connectivity index (χ4v) is 3.90. The van der Waals surface area contributed by atoms with E-state index in [9.17, 15) is 14.4 Å². The normalized spacial score (nSPS) is 18.9. The molecule has 2 atom stereocenters. The van der Waals surface area contributed by atoms with Gasteiger partial charge in [-0.1, -0.05) is 43.6 Å². The average molecular weight is 414 g/mol. The first-order valence-corrected chi connectivity index (χ1v) is 10.1. The van der Waals surface area contributed by atoms with Gasteiger partial charge in [0.15, 0.2) is 12.4 Å². The Hall–Kier alpha value is -2.66. The lowest BCUT2D eigenvalue weighted by Gasteiger charge is -2.34. The Kier molecular flexibility index (Phi) is 6.70. The summed E-state index contributed by atoms with van der Waals surface area (Å²) in [7, 11) is 0. The first kappa shape index (κ1) is 21.1. The number of halogens is 1. The molecule has 0 radical (unpaired) electrons. The highest BCUT2D eigenvalue weighted by molar-refractivity contribution is 6.30. The summed E-state index contributed by atoms with van der Waals surface area (Å²) in [5.74, 6) is -0.348. The summed E-state index contributed by atoms with van der Waals surface area (Å²) in [5.41, 5.74) is 0.787. The molecule has 0 bridgehead atoms. The van der Waals surface area contributed by atoms with Gasteiger partial charge in [-0.3, -0.25) is 9.59 Å². The molecule has 1 heterocycles. The first-order valence-electron chi connectivity index (χ1n) is 9.69. The van der Waals surface area contributed by atoms with Gasteiger partial charge in [0.2, 0.25) is 0 Å². The molecule has 0 saturated carbocycles. The van der Waals surface area contributed by atoms with Crippen LogP contribution >= 0.6 is 11.6 Å². The van der Waals surface area contributed by atoms with Gasteiger partial charge in [-0.2, -0.15) is 0 Å². The molecule has 0 aromatic heterocycles. The Morgan fingerprint density at radius 1 is 0.966 bits per heavy atom. The number of ether oxygens (including phenoxy) is 1. The number of benzene rings is 2. The van der Waals surface area contributed by atoms with E-state index in [1.54, 1.807) is 47.4 Å². The van der Waals surface area contributed by atoms with E-state index in [0.29, 0.717) is 35.5 Å². The van der Waals surface area contributed by atoms with Crippen molar-refractivity contribution in [1.29, 1.82) is 0 Å². The Labute approximate surface area is 175 Å². The highest BCUT2D eigenvalue weighted by atomic mass is 35.5. The summed E-state index contributed by atoms with van der Waals surface area (Å²) in [5, 5.41) is 0.522. The van der Waals surface area contributed by atoms with Crippen molar-refractivity contribution in [2.24, 2.45) is 11.8 Å². The van der Waals surface area contributed by atoms with Gasteiger partial charge in [-0.25, -0.2) is 4.79 Å². The van der Waals surface area contributed by atoms with Crippen molar-refractivity contribution in [2.75, 3.05) is 19.7 Å². The lowest BCUT2D eigenvalue weighted by Crippen LogP contribution is -2.44. The summed E-state index contributed by atoms with van der Waals surface area (Å²) >= 11 is 5.88. The summed E-state index contributed by atoms with van der Waals surface area (Å²) in [4.78, 5) is 39.6. The quantitative estimate of drug-likeness (QED) is 0.543. The van der Waals surface area contributed by atoms with E-state index >= 15 is 0 Å². The number of esters is 1. The molecule has 1 aliphatic rings. The van der Waals surface area contributed by atoms with Gasteiger partial charge in [-0.15, -0.1) is 0 Å². The predicted molar refractivity (Wildman–Crippen MR) is 111 cm³/mol. The molecule has 0 N–H and O–H groups in total. The third-order valence-electron chi connectivity index (χ3n) is 5.05. The number of ketones is 1. The minimum Gasteiger partial charge on any atom is -0.452 e. The Bertz CT molecular complexity index is 899. The monoisotopic (exact) mass is 413 g/mol. The smallest absolute Gasteiger partial charge is 0.339 e. The molecule has 0 spiro atoms. The number of carbonyl (C=O) groups excluding carboxylic acids is 3. The van der Waals surface area contributed by atoms with E-state index < -0.39 is 5.97 Å². The summed E-state index contributed by atoms with van der Waals surface area (Å²) < 4.78 is 5.26. The minimum absolute atomic E-state index is 0.139.